The van der Waals surface area contributed by atoms with Gasteiger partial charge in [-0.25, -0.2) is 9.78 Å². The van der Waals surface area contributed by atoms with Crippen LogP contribution in [0.2, 0.25) is 5.02 Å². The van der Waals surface area contributed by atoms with Gasteiger partial charge in [0, 0.05) is 50.3 Å². The number of aromatic nitrogens is 2. The van der Waals surface area contributed by atoms with Gasteiger partial charge in [-0.3, -0.25) is 0 Å². The fraction of sp³-hybridized carbons (Fsp3) is 0.680. The van der Waals surface area contributed by atoms with Gasteiger partial charge in [0.1, 0.15) is 5.60 Å². The highest BCUT2D eigenvalue weighted by Crippen LogP contribution is 2.27. The molecule has 0 spiro atoms. The van der Waals surface area contributed by atoms with E-state index < -0.39 is 5.60 Å². The van der Waals surface area contributed by atoms with Gasteiger partial charge in [0.05, 0.1) is 30.0 Å². The van der Waals surface area contributed by atoms with Crippen molar-refractivity contribution in [3.63, 3.8) is 0 Å². The largest absolute Gasteiger partial charge is 0.444 e. The SMILES string of the molecule is CC(C)c1cnc2c(NC3CCN(CC4CN(C(=O)OC(C)(C)C)CCO4)CC3)cc(Cl)cn12. The number of piperidine rings is 1. The summed E-state index contributed by atoms with van der Waals surface area (Å²) >= 11 is 6.43. The second kappa shape index (κ2) is 10.3. The Kier molecular flexibility index (Phi) is 7.60. The predicted molar refractivity (Wildman–Crippen MR) is 135 cm³/mol. The molecule has 9 heteroatoms. The molecular weight excluding hydrogens is 454 g/mol. The van der Waals surface area contributed by atoms with E-state index in [0.717, 1.165) is 49.5 Å². The lowest BCUT2D eigenvalue weighted by Gasteiger charge is -2.38. The number of imidazole rings is 1. The summed E-state index contributed by atoms with van der Waals surface area (Å²) < 4.78 is 13.6. The van der Waals surface area contributed by atoms with Crippen molar-refractivity contribution in [2.24, 2.45) is 0 Å². The number of ether oxygens (including phenoxy) is 2. The van der Waals surface area contributed by atoms with Crippen molar-refractivity contribution in [2.45, 2.75) is 71.1 Å². The van der Waals surface area contributed by atoms with Crippen molar-refractivity contribution in [1.29, 1.82) is 0 Å². The Balaban J connectivity index is 1.30. The zero-order valence-electron chi connectivity index (χ0n) is 21.0. The smallest absolute Gasteiger partial charge is 0.410 e. The molecule has 0 saturated carbocycles. The summed E-state index contributed by atoms with van der Waals surface area (Å²) in [6.45, 7) is 14.5. The Morgan fingerprint density at radius 2 is 2.03 bits per heavy atom. The normalized spacial score (nSPS) is 20.8. The van der Waals surface area contributed by atoms with Gasteiger partial charge < -0.3 is 29.0 Å². The Morgan fingerprint density at radius 1 is 1.29 bits per heavy atom. The Hall–Kier alpha value is -2.03. The molecule has 1 amide bonds. The van der Waals surface area contributed by atoms with Crippen LogP contribution in [0, 0.1) is 0 Å². The second-order valence-electron chi connectivity index (χ2n) is 10.7. The van der Waals surface area contributed by atoms with Crippen LogP contribution in [-0.2, 0) is 9.47 Å². The molecule has 1 N–H and O–H groups in total. The summed E-state index contributed by atoms with van der Waals surface area (Å²) in [7, 11) is 0. The third kappa shape index (κ3) is 6.15. The number of hydrogen-bond acceptors (Lipinski definition) is 6. The number of anilines is 1. The third-order valence-corrected chi connectivity index (χ3v) is 6.60. The average Bonchev–Trinajstić information content (AvgIpc) is 3.18. The fourth-order valence-electron chi connectivity index (χ4n) is 4.70. The van der Waals surface area contributed by atoms with E-state index in [-0.39, 0.29) is 12.2 Å². The molecule has 0 radical (unpaired) electrons. The maximum Gasteiger partial charge on any atom is 0.410 e. The number of likely N-dealkylation sites (tertiary alicyclic amines) is 1. The topological polar surface area (TPSA) is 71.3 Å². The molecule has 4 heterocycles. The second-order valence-corrected chi connectivity index (χ2v) is 11.2. The lowest BCUT2D eigenvalue weighted by molar-refractivity contribution is -0.0538. The van der Waals surface area contributed by atoms with E-state index in [4.69, 9.17) is 21.1 Å². The van der Waals surface area contributed by atoms with E-state index in [1.165, 1.54) is 0 Å². The minimum Gasteiger partial charge on any atom is -0.444 e. The van der Waals surface area contributed by atoms with E-state index in [9.17, 15) is 4.79 Å². The first-order chi connectivity index (χ1) is 16.1. The summed E-state index contributed by atoms with van der Waals surface area (Å²) in [5.41, 5.74) is 2.58. The van der Waals surface area contributed by atoms with Crippen molar-refractivity contribution in [3.05, 3.63) is 29.2 Å². The molecule has 2 aromatic rings. The first-order valence-electron chi connectivity index (χ1n) is 12.3. The van der Waals surface area contributed by atoms with E-state index in [2.05, 4.69) is 33.4 Å². The lowest BCUT2D eigenvalue weighted by atomic mass is 10.0. The molecule has 0 bridgehead atoms. The molecule has 0 aromatic carbocycles. The number of hydrogen-bond donors (Lipinski definition) is 1. The van der Waals surface area contributed by atoms with Crippen LogP contribution in [0.4, 0.5) is 10.5 Å². The molecule has 1 atom stereocenters. The molecule has 2 aliphatic rings. The van der Waals surface area contributed by atoms with E-state index in [0.29, 0.717) is 36.7 Å². The van der Waals surface area contributed by atoms with Crippen LogP contribution in [0.3, 0.4) is 0 Å². The zero-order valence-corrected chi connectivity index (χ0v) is 21.8. The molecule has 2 aliphatic heterocycles. The van der Waals surface area contributed by atoms with Crippen molar-refractivity contribution < 1.29 is 14.3 Å². The molecule has 2 fully saturated rings. The Labute approximate surface area is 207 Å². The summed E-state index contributed by atoms with van der Waals surface area (Å²) in [6, 6.07) is 2.34. The quantitative estimate of drug-likeness (QED) is 0.657. The highest BCUT2D eigenvalue weighted by Gasteiger charge is 2.30. The van der Waals surface area contributed by atoms with Gasteiger partial charge in [-0.05, 0) is 45.6 Å². The molecule has 188 valence electrons. The molecule has 2 aromatic heterocycles. The molecule has 34 heavy (non-hydrogen) atoms. The Morgan fingerprint density at radius 3 is 2.71 bits per heavy atom. The summed E-state index contributed by atoms with van der Waals surface area (Å²) in [6.07, 6.45) is 5.69. The maximum absolute atomic E-state index is 12.4. The number of pyridine rings is 1. The lowest BCUT2D eigenvalue weighted by Crippen LogP contribution is -2.52. The van der Waals surface area contributed by atoms with Crippen molar-refractivity contribution in [3.8, 4) is 0 Å². The number of carbonyl (C=O) groups is 1. The van der Waals surface area contributed by atoms with Crippen LogP contribution < -0.4 is 5.32 Å². The van der Waals surface area contributed by atoms with Gasteiger partial charge in [-0.15, -0.1) is 0 Å². The monoisotopic (exact) mass is 491 g/mol. The highest BCUT2D eigenvalue weighted by atomic mass is 35.5. The van der Waals surface area contributed by atoms with Crippen molar-refractivity contribution >= 4 is 29.0 Å². The van der Waals surface area contributed by atoms with E-state index in [1.54, 1.807) is 4.90 Å². The number of fused-ring (bicyclic) bond motifs is 1. The standard InChI is InChI=1S/C25H38ClN5O3/c1-17(2)22-13-27-23-21(12-18(26)14-31(22)23)28-19-6-8-29(9-7-19)15-20-16-30(10-11-33-20)24(32)34-25(3,4)5/h12-14,17,19-20,28H,6-11,15-16H2,1-5H3. The zero-order chi connectivity index (χ0) is 24.5. The number of carbonyl (C=O) groups excluding carboxylic acids is 1. The van der Waals surface area contributed by atoms with Gasteiger partial charge in [-0.1, -0.05) is 25.4 Å². The molecule has 4 rings (SSSR count). The van der Waals surface area contributed by atoms with Gasteiger partial charge in [0.25, 0.3) is 0 Å². The minimum atomic E-state index is -0.485. The van der Waals surface area contributed by atoms with Crippen LogP contribution >= 0.6 is 11.6 Å². The molecule has 2 saturated heterocycles. The van der Waals surface area contributed by atoms with E-state index >= 15 is 0 Å². The number of nitrogens with one attached hydrogen (secondary N) is 1. The van der Waals surface area contributed by atoms with Gasteiger partial charge in [0.15, 0.2) is 5.65 Å². The number of morpholine rings is 1. The van der Waals surface area contributed by atoms with Gasteiger partial charge >= 0.3 is 6.09 Å². The summed E-state index contributed by atoms with van der Waals surface area (Å²) in [4.78, 5) is 21.3. The van der Waals surface area contributed by atoms with Crippen LogP contribution in [0.25, 0.3) is 5.65 Å². The summed E-state index contributed by atoms with van der Waals surface area (Å²) in [5, 5.41) is 4.39. The fourth-order valence-corrected chi connectivity index (χ4v) is 4.90. The van der Waals surface area contributed by atoms with Crippen LogP contribution in [0.1, 0.15) is 59.1 Å². The Bertz CT molecular complexity index is 994. The first kappa shape index (κ1) is 25.1. The molecule has 0 aliphatic carbocycles. The third-order valence-electron chi connectivity index (χ3n) is 6.39. The van der Waals surface area contributed by atoms with Crippen LogP contribution in [-0.4, -0.2) is 82.4 Å². The van der Waals surface area contributed by atoms with Gasteiger partial charge in [-0.2, -0.15) is 0 Å². The average molecular weight is 492 g/mol. The summed E-state index contributed by atoms with van der Waals surface area (Å²) in [5.74, 6) is 0.373. The number of halogens is 1. The van der Waals surface area contributed by atoms with E-state index in [1.807, 2.05) is 39.2 Å². The van der Waals surface area contributed by atoms with Crippen molar-refractivity contribution in [2.75, 3.05) is 44.6 Å². The molecule has 1 unspecified atom stereocenters. The molecular formula is C25H38ClN5O3. The first-order valence-corrected chi connectivity index (χ1v) is 12.7. The van der Waals surface area contributed by atoms with Crippen LogP contribution in [0.5, 0.6) is 0 Å². The number of amides is 1. The van der Waals surface area contributed by atoms with Crippen LogP contribution in [0.15, 0.2) is 18.5 Å². The maximum atomic E-state index is 12.4. The number of nitrogens with zero attached hydrogens (tertiary/aromatic N) is 4. The predicted octanol–water partition coefficient (Wildman–Crippen LogP) is 4.62. The minimum absolute atomic E-state index is 0.0118. The van der Waals surface area contributed by atoms with Gasteiger partial charge in [0.2, 0.25) is 0 Å². The van der Waals surface area contributed by atoms with Crippen molar-refractivity contribution in [1.82, 2.24) is 19.2 Å². The number of rotatable bonds is 5. The highest BCUT2D eigenvalue weighted by molar-refractivity contribution is 6.30. The molecule has 8 nitrogen and oxygen atoms in total.